The van der Waals surface area contributed by atoms with Gasteiger partial charge in [-0.15, -0.1) is 12.8 Å². The molecule has 3 N–H and O–H groups in total. The lowest BCUT2D eigenvalue weighted by Crippen LogP contribution is -2.58. The molecule has 6 aliphatic rings. The van der Waals surface area contributed by atoms with Gasteiger partial charge in [0.15, 0.2) is 6.10 Å². The lowest BCUT2D eigenvalue weighted by molar-refractivity contribution is -0.209. The van der Waals surface area contributed by atoms with E-state index < -0.39 is 11.7 Å². The Hall–Kier alpha value is -1.62. The van der Waals surface area contributed by atoms with E-state index in [2.05, 4.69) is 47.5 Å². The maximum atomic E-state index is 12.2. The van der Waals surface area contributed by atoms with Gasteiger partial charge in [-0.2, -0.15) is 0 Å². The Balaban J connectivity index is 0.00000180. The number of terminal acetylenes is 1. The molecule has 1 aliphatic heterocycles. The molecule has 1 heterocycles. The summed E-state index contributed by atoms with van der Waals surface area (Å²) in [6, 6.07) is 0. The first-order valence-corrected chi connectivity index (χ1v) is 16.7. The largest absolute Gasteiger partial charge is 0.461 e. The number of carbonyl (C=O) groups excluding carboxylic acids is 2. The van der Waals surface area contributed by atoms with E-state index in [1.807, 2.05) is 0 Å². The number of hydrogen-bond donors (Lipinski definition) is 2. The molecular formula is C36H57NO6. The molecule has 0 aromatic heterocycles. The zero-order valence-electron chi connectivity index (χ0n) is 27.9. The first kappa shape index (κ1) is 32.8. The average molecular weight is 600 g/mol. The van der Waals surface area contributed by atoms with E-state index in [-0.39, 0.29) is 53.0 Å². The summed E-state index contributed by atoms with van der Waals surface area (Å²) in [5.74, 6) is 1.49. The molecular weight excluding hydrogens is 542 g/mol. The molecule has 43 heavy (non-hydrogen) atoms. The second-order valence-electron chi connectivity index (χ2n) is 16.9. The fourth-order valence-corrected chi connectivity index (χ4v) is 12.8. The molecule has 7 nitrogen and oxygen atoms in total. The zero-order chi connectivity index (χ0) is 32.0. The molecule has 0 aromatic rings. The number of rotatable bonds is 5. The standard InChI is InChI=1S/C34H55NO6.C2H2/c1-19-15-21(28(30(5,6)38)39-20(2)36)40-22-16-32(8)24-10-9-23-29(3,4)25(41-26(37)17-35)11-12-33(23)18-34(24,33)14-13-31(32,7)27(19)22;1-2/h19,21-25,27-28,38H,9-18,35H2,1-8H3;1-2H/t19-,21?,22?,23?,24+,25+,27?,28+,31-,32+,33?,34+;/m1./s1. The third kappa shape index (κ3) is 4.47. The van der Waals surface area contributed by atoms with Crippen LogP contribution in [0.25, 0.3) is 0 Å². The number of carbonyl (C=O) groups is 2. The molecule has 5 aliphatic carbocycles. The molecule has 6 fully saturated rings. The van der Waals surface area contributed by atoms with Gasteiger partial charge in [0.1, 0.15) is 6.10 Å². The predicted molar refractivity (Wildman–Crippen MR) is 165 cm³/mol. The summed E-state index contributed by atoms with van der Waals surface area (Å²) in [6.45, 7) is 17.0. The highest BCUT2D eigenvalue weighted by atomic mass is 16.6. The summed E-state index contributed by atoms with van der Waals surface area (Å²) in [5, 5.41) is 10.9. The molecule has 7 heteroatoms. The van der Waals surface area contributed by atoms with Crippen molar-refractivity contribution in [2.75, 3.05) is 6.54 Å². The summed E-state index contributed by atoms with van der Waals surface area (Å²) in [7, 11) is 0. The van der Waals surface area contributed by atoms with Crippen LogP contribution in [0.2, 0.25) is 0 Å². The molecule has 1 saturated heterocycles. The molecule has 6 rings (SSSR count). The van der Waals surface area contributed by atoms with Crippen LogP contribution in [0.15, 0.2) is 0 Å². The Morgan fingerprint density at radius 3 is 2.26 bits per heavy atom. The van der Waals surface area contributed by atoms with Gasteiger partial charge in [0.2, 0.25) is 0 Å². The van der Waals surface area contributed by atoms with Gasteiger partial charge in [-0.3, -0.25) is 9.59 Å². The smallest absolute Gasteiger partial charge is 0.319 e. The van der Waals surface area contributed by atoms with Gasteiger partial charge in [0.25, 0.3) is 0 Å². The van der Waals surface area contributed by atoms with Crippen LogP contribution in [0.5, 0.6) is 0 Å². The maximum Gasteiger partial charge on any atom is 0.319 e. The molecule has 242 valence electrons. The van der Waals surface area contributed by atoms with Crippen molar-refractivity contribution in [3.8, 4) is 12.8 Å². The monoisotopic (exact) mass is 599 g/mol. The second kappa shape index (κ2) is 10.5. The third-order valence-corrected chi connectivity index (χ3v) is 14.4. The molecule has 0 bridgehead atoms. The van der Waals surface area contributed by atoms with Crippen molar-refractivity contribution >= 4 is 11.9 Å². The fraction of sp³-hybridized carbons (Fsp3) is 0.889. The van der Waals surface area contributed by atoms with Gasteiger partial charge in [0, 0.05) is 12.3 Å². The minimum Gasteiger partial charge on any atom is -0.461 e. The predicted octanol–water partition coefficient (Wildman–Crippen LogP) is 5.65. The normalized spacial score (nSPS) is 48.0. The number of fused-ring (bicyclic) bond motifs is 4. The van der Waals surface area contributed by atoms with Gasteiger partial charge in [0.05, 0.1) is 24.4 Å². The Labute approximate surface area is 259 Å². The van der Waals surface area contributed by atoms with E-state index in [0.29, 0.717) is 34.5 Å². The topological polar surface area (TPSA) is 108 Å². The fourth-order valence-electron chi connectivity index (χ4n) is 12.8. The van der Waals surface area contributed by atoms with Crippen molar-refractivity contribution in [1.29, 1.82) is 0 Å². The average Bonchev–Trinajstić information content (AvgIpc) is 3.52. The summed E-state index contributed by atoms with van der Waals surface area (Å²) in [4.78, 5) is 24.2. The summed E-state index contributed by atoms with van der Waals surface area (Å²) < 4.78 is 18.5. The maximum absolute atomic E-state index is 12.2. The van der Waals surface area contributed by atoms with E-state index in [1.165, 1.54) is 39.0 Å². The summed E-state index contributed by atoms with van der Waals surface area (Å²) >= 11 is 0. The minimum absolute atomic E-state index is 0.0451. The molecule has 5 unspecified atom stereocenters. The second-order valence-corrected chi connectivity index (χ2v) is 16.9. The van der Waals surface area contributed by atoms with Gasteiger partial charge in [-0.1, -0.05) is 34.6 Å². The van der Waals surface area contributed by atoms with Gasteiger partial charge >= 0.3 is 11.9 Å². The van der Waals surface area contributed by atoms with E-state index >= 15 is 0 Å². The van der Waals surface area contributed by atoms with Crippen LogP contribution in [-0.4, -0.2) is 53.6 Å². The van der Waals surface area contributed by atoms with E-state index in [9.17, 15) is 14.7 Å². The lowest BCUT2D eigenvalue weighted by Gasteiger charge is -2.63. The highest BCUT2D eigenvalue weighted by Crippen LogP contribution is 2.89. The Morgan fingerprint density at radius 1 is 1.02 bits per heavy atom. The number of aliphatic hydroxyl groups is 1. The molecule has 5 saturated carbocycles. The third-order valence-electron chi connectivity index (χ3n) is 14.4. The minimum atomic E-state index is -1.17. The molecule has 0 radical (unpaired) electrons. The van der Waals surface area contributed by atoms with Gasteiger partial charge < -0.3 is 25.1 Å². The molecule has 2 spiro atoms. The Bertz CT molecular complexity index is 1140. The quantitative estimate of drug-likeness (QED) is 0.311. The first-order chi connectivity index (χ1) is 20.0. The first-order valence-electron chi connectivity index (χ1n) is 16.7. The van der Waals surface area contributed by atoms with Crippen LogP contribution in [0.4, 0.5) is 0 Å². The van der Waals surface area contributed by atoms with Crippen LogP contribution in [0.3, 0.4) is 0 Å². The van der Waals surface area contributed by atoms with Crippen molar-refractivity contribution in [3.63, 3.8) is 0 Å². The van der Waals surface area contributed by atoms with Crippen LogP contribution in [0.1, 0.15) is 113 Å². The van der Waals surface area contributed by atoms with Crippen LogP contribution >= 0.6 is 0 Å². The molecule has 0 amide bonds. The SMILES string of the molecule is C#C.CC(=O)O[C@@H](C1C[C@@H](C)C2C(C[C@@]3(C)[C@@H]4CCC5C(C)(C)[C@@H](OC(=O)CN)CCC56C[C@@]46CC[C@]23C)O1)C(C)(C)O. The summed E-state index contributed by atoms with van der Waals surface area (Å²) in [6.07, 6.45) is 17.3. The van der Waals surface area contributed by atoms with Crippen LogP contribution in [-0.2, 0) is 23.8 Å². The highest BCUT2D eigenvalue weighted by molar-refractivity contribution is 5.71. The highest BCUT2D eigenvalue weighted by Gasteiger charge is 2.83. The Kier molecular flexibility index (Phi) is 7.97. The van der Waals surface area contributed by atoms with Crippen molar-refractivity contribution in [3.05, 3.63) is 0 Å². The van der Waals surface area contributed by atoms with Crippen molar-refractivity contribution in [1.82, 2.24) is 0 Å². The van der Waals surface area contributed by atoms with Crippen LogP contribution < -0.4 is 5.73 Å². The van der Waals surface area contributed by atoms with Crippen molar-refractivity contribution in [2.24, 2.45) is 56.5 Å². The number of hydrogen-bond acceptors (Lipinski definition) is 7. The number of ether oxygens (including phenoxy) is 3. The van der Waals surface area contributed by atoms with E-state index in [0.717, 1.165) is 25.7 Å². The van der Waals surface area contributed by atoms with Gasteiger partial charge in [-0.25, -0.2) is 0 Å². The van der Waals surface area contributed by atoms with E-state index in [4.69, 9.17) is 19.9 Å². The van der Waals surface area contributed by atoms with E-state index in [1.54, 1.807) is 13.8 Å². The van der Waals surface area contributed by atoms with Gasteiger partial charge in [-0.05, 0) is 117 Å². The number of nitrogens with two attached hydrogens (primary N) is 1. The number of esters is 2. The van der Waals surface area contributed by atoms with Crippen molar-refractivity contribution in [2.45, 2.75) is 143 Å². The lowest BCUT2D eigenvalue weighted by atomic mass is 9.41. The molecule has 12 atom stereocenters. The zero-order valence-corrected chi connectivity index (χ0v) is 27.9. The Morgan fingerprint density at radius 2 is 1.65 bits per heavy atom. The summed E-state index contributed by atoms with van der Waals surface area (Å²) in [5.41, 5.74) is 5.52. The van der Waals surface area contributed by atoms with Crippen molar-refractivity contribution < 1.29 is 28.9 Å². The van der Waals surface area contributed by atoms with Crippen LogP contribution in [0, 0.1) is 63.6 Å². The molecule has 0 aromatic carbocycles.